The highest BCUT2D eigenvalue weighted by atomic mass is 16.5. The summed E-state index contributed by atoms with van der Waals surface area (Å²) in [6.45, 7) is 0.232. The van der Waals surface area contributed by atoms with E-state index >= 15 is 0 Å². The van der Waals surface area contributed by atoms with E-state index in [0.29, 0.717) is 17.1 Å². The fourth-order valence-corrected chi connectivity index (χ4v) is 5.94. The lowest BCUT2D eigenvalue weighted by Gasteiger charge is -2.55. The molecule has 2 N–H and O–H groups in total. The smallest absolute Gasteiger partial charge is 0.226 e. The van der Waals surface area contributed by atoms with Crippen LogP contribution < -0.4 is 14.8 Å². The number of amides is 1. The maximum Gasteiger partial charge on any atom is 0.226 e. The van der Waals surface area contributed by atoms with Crippen LogP contribution >= 0.6 is 0 Å². The number of ether oxygens (including phenoxy) is 2. The molecular formula is C21H29NO4. The predicted molar refractivity (Wildman–Crippen MR) is 98.1 cm³/mol. The zero-order valence-electron chi connectivity index (χ0n) is 15.7. The van der Waals surface area contributed by atoms with Crippen LogP contribution in [0.3, 0.4) is 0 Å². The second-order valence-corrected chi connectivity index (χ2v) is 8.54. The van der Waals surface area contributed by atoms with E-state index in [1.54, 1.807) is 26.4 Å². The molecule has 1 aromatic rings. The number of hydrogen-bond donors (Lipinski definition) is 2. The average Bonchev–Trinajstić information content (AvgIpc) is 2.64. The van der Waals surface area contributed by atoms with Crippen molar-refractivity contribution in [3.05, 3.63) is 23.8 Å². The molecule has 4 saturated carbocycles. The van der Waals surface area contributed by atoms with Gasteiger partial charge >= 0.3 is 0 Å². The number of aliphatic hydroxyl groups excluding tert-OH is 1. The molecule has 4 aliphatic rings. The van der Waals surface area contributed by atoms with Crippen molar-refractivity contribution in [1.29, 1.82) is 0 Å². The van der Waals surface area contributed by atoms with Crippen LogP contribution in [-0.4, -0.2) is 31.8 Å². The lowest BCUT2D eigenvalue weighted by atomic mass is 9.49. The number of benzene rings is 1. The van der Waals surface area contributed by atoms with Crippen LogP contribution in [0, 0.1) is 23.2 Å². The molecule has 142 valence electrons. The third-order valence-corrected chi connectivity index (χ3v) is 6.77. The van der Waals surface area contributed by atoms with Gasteiger partial charge in [-0.25, -0.2) is 0 Å². The van der Waals surface area contributed by atoms with E-state index in [0.717, 1.165) is 37.0 Å². The molecule has 1 aromatic carbocycles. The summed E-state index contributed by atoms with van der Waals surface area (Å²) in [5.74, 6) is 3.57. The summed E-state index contributed by atoms with van der Waals surface area (Å²) in [4.78, 5) is 13.0. The highest BCUT2D eigenvalue weighted by molar-refractivity contribution is 5.83. The van der Waals surface area contributed by atoms with Crippen LogP contribution in [-0.2, 0) is 4.79 Å². The molecule has 0 aromatic heterocycles. The summed E-state index contributed by atoms with van der Waals surface area (Å²) in [6.07, 6.45) is 6.32. The van der Waals surface area contributed by atoms with Gasteiger partial charge in [-0.3, -0.25) is 4.79 Å². The van der Waals surface area contributed by atoms with Gasteiger partial charge in [-0.05, 0) is 74.0 Å². The molecule has 5 rings (SSSR count). The van der Waals surface area contributed by atoms with Crippen LogP contribution in [0.5, 0.6) is 11.5 Å². The minimum atomic E-state index is -0.757. The highest BCUT2D eigenvalue weighted by Crippen LogP contribution is 2.60. The fraction of sp³-hybridized carbons (Fsp3) is 0.667. The topological polar surface area (TPSA) is 67.8 Å². The SMILES string of the molecule is COc1ccc(C(O)CNC(=O)C23CC4CC(CC(C4)C2)C3)cc1OC. The van der Waals surface area contributed by atoms with E-state index in [4.69, 9.17) is 9.47 Å². The van der Waals surface area contributed by atoms with Gasteiger partial charge in [-0.1, -0.05) is 6.07 Å². The Morgan fingerprint density at radius 2 is 1.69 bits per heavy atom. The Morgan fingerprint density at radius 1 is 1.12 bits per heavy atom. The molecule has 5 nitrogen and oxygen atoms in total. The molecule has 1 amide bonds. The number of nitrogens with one attached hydrogen (secondary N) is 1. The molecule has 0 spiro atoms. The third kappa shape index (κ3) is 3.07. The molecule has 0 aliphatic heterocycles. The Kier molecular flexibility index (Phi) is 4.59. The molecule has 0 saturated heterocycles. The molecule has 26 heavy (non-hydrogen) atoms. The van der Waals surface area contributed by atoms with Crippen molar-refractivity contribution in [2.75, 3.05) is 20.8 Å². The monoisotopic (exact) mass is 359 g/mol. The van der Waals surface area contributed by atoms with Gasteiger partial charge in [-0.15, -0.1) is 0 Å². The summed E-state index contributed by atoms with van der Waals surface area (Å²) in [7, 11) is 3.16. The van der Waals surface area contributed by atoms with E-state index in [9.17, 15) is 9.90 Å². The van der Waals surface area contributed by atoms with Crippen molar-refractivity contribution in [1.82, 2.24) is 5.32 Å². The molecule has 4 fully saturated rings. The Bertz CT molecular complexity index is 651. The van der Waals surface area contributed by atoms with Gasteiger partial charge in [0.25, 0.3) is 0 Å². The first-order chi connectivity index (χ1) is 12.5. The van der Waals surface area contributed by atoms with Gasteiger partial charge in [0.1, 0.15) is 0 Å². The number of aliphatic hydroxyl groups is 1. The zero-order valence-corrected chi connectivity index (χ0v) is 15.7. The number of carbonyl (C=O) groups is 1. The predicted octanol–water partition coefficient (Wildman–Crippen LogP) is 3.07. The van der Waals surface area contributed by atoms with Crippen molar-refractivity contribution in [3.63, 3.8) is 0 Å². The van der Waals surface area contributed by atoms with Crippen molar-refractivity contribution in [2.24, 2.45) is 23.2 Å². The molecule has 4 bridgehead atoms. The molecule has 4 aliphatic carbocycles. The van der Waals surface area contributed by atoms with Gasteiger partial charge in [0, 0.05) is 12.0 Å². The zero-order chi connectivity index (χ0) is 18.3. The fourth-order valence-electron chi connectivity index (χ4n) is 5.94. The number of rotatable bonds is 6. The summed E-state index contributed by atoms with van der Waals surface area (Å²) >= 11 is 0. The van der Waals surface area contributed by atoms with Gasteiger partial charge in [-0.2, -0.15) is 0 Å². The Hall–Kier alpha value is -1.75. The summed E-state index contributed by atoms with van der Waals surface area (Å²) in [6, 6.07) is 5.35. The minimum Gasteiger partial charge on any atom is -0.493 e. The quantitative estimate of drug-likeness (QED) is 0.819. The first kappa shape index (κ1) is 17.7. The van der Waals surface area contributed by atoms with Crippen molar-refractivity contribution in [3.8, 4) is 11.5 Å². The normalized spacial score (nSPS) is 33.0. The molecule has 0 radical (unpaired) electrons. The Balaban J connectivity index is 1.40. The van der Waals surface area contributed by atoms with Gasteiger partial charge in [0.15, 0.2) is 11.5 Å². The van der Waals surface area contributed by atoms with Gasteiger partial charge in [0.05, 0.1) is 20.3 Å². The second kappa shape index (κ2) is 6.76. The third-order valence-electron chi connectivity index (χ3n) is 6.77. The lowest BCUT2D eigenvalue weighted by molar-refractivity contribution is -0.146. The van der Waals surface area contributed by atoms with E-state index in [1.165, 1.54) is 19.3 Å². The van der Waals surface area contributed by atoms with Crippen LogP contribution in [0.2, 0.25) is 0 Å². The Morgan fingerprint density at radius 3 is 2.23 bits per heavy atom. The molecule has 0 heterocycles. The molecule has 1 unspecified atom stereocenters. The second-order valence-electron chi connectivity index (χ2n) is 8.54. The van der Waals surface area contributed by atoms with Crippen molar-refractivity contribution < 1.29 is 19.4 Å². The summed E-state index contributed by atoms with van der Waals surface area (Å²) in [5, 5.41) is 13.6. The first-order valence-electron chi connectivity index (χ1n) is 9.71. The largest absolute Gasteiger partial charge is 0.493 e. The highest BCUT2D eigenvalue weighted by Gasteiger charge is 2.54. The summed E-state index contributed by atoms with van der Waals surface area (Å²) < 4.78 is 10.5. The lowest BCUT2D eigenvalue weighted by Crippen LogP contribution is -2.54. The molecule has 5 heteroatoms. The number of carbonyl (C=O) groups excluding carboxylic acids is 1. The van der Waals surface area contributed by atoms with Crippen molar-refractivity contribution in [2.45, 2.75) is 44.6 Å². The maximum atomic E-state index is 13.0. The maximum absolute atomic E-state index is 13.0. The van der Waals surface area contributed by atoms with E-state index in [2.05, 4.69) is 5.32 Å². The molecule has 1 atom stereocenters. The van der Waals surface area contributed by atoms with Crippen LogP contribution in [0.15, 0.2) is 18.2 Å². The first-order valence-corrected chi connectivity index (χ1v) is 9.71. The van der Waals surface area contributed by atoms with E-state index in [-0.39, 0.29) is 17.9 Å². The average molecular weight is 359 g/mol. The number of hydrogen-bond acceptors (Lipinski definition) is 4. The number of methoxy groups -OCH3 is 2. The van der Waals surface area contributed by atoms with E-state index in [1.807, 2.05) is 6.07 Å². The van der Waals surface area contributed by atoms with Crippen LogP contribution in [0.1, 0.15) is 50.2 Å². The van der Waals surface area contributed by atoms with Crippen LogP contribution in [0.4, 0.5) is 0 Å². The van der Waals surface area contributed by atoms with E-state index < -0.39 is 6.10 Å². The van der Waals surface area contributed by atoms with Gasteiger partial charge in [0.2, 0.25) is 5.91 Å². The van der Waals surface area contributed by atoms with Crippen molar-refractivity contribution >= 4 is 5.91 Å². The Labute approximate surface area is 155 Å². The summed E-state index contributed by atoms with van der Waals surface area (Å²) in [5.41, 5.74) is 0.542. The molecular weight excluding hydrogens is 330 g/mol. The van der Waals surface area contributed by atoms with Gasteiger partial charge < -0.3 is 19.9 Å². The standard InChI is InChI=1S/C21H29NO4/c1-25-18-4-3-16(8-19(18)26-2)17(23)12-22-20(24)21-9-13-5-14(10-21)7-15(6-13)11-21/h3-4,8,13-15,17,23H,5-7,9-12H2,1-2H3,(H,22,24). The van der Waals surface area contributed by atoms with Crippen LogP contribution in [0.25, 0.3) is 0 Å². The minimum absolute atomic E-state index is 0.149.